The lowest BCUT2D eigenvalue weighted by Gasteiger charge is -2.34. The van der Waals surface area contributed by atoms with Crippen LogP contribution in [-0.2, 0) is 47.8 Å². The number of carbonyl (C=O) groups is 7. The quantitative estimate of drug-likeness (QED) is 0.0368. The Morgan fingerprint density at radius 2 is 1.10 bits per heavy atom. The molecule has 0 aromatic rings. The zero-order valence-electron chi connectivity index (χ0n) is 22.4. The van der Waals surface area contributed by atoms with Gasteiger partial charge in [-0.05, 0) is 0 Å². The van der Waals surface area contributed by atoms with Crippen molar-refractivity contribution in [2.24, 2.45) is 5.73 Å². The lowest BCUT2D eigenvalue weighted by Crippen LogP contribution is -2.58. The molecule has 0 heterocycles. The summed E-state index contributed by atoms with van der Waals surface area (Å²) in [4.78, 5) is 78.9. The Morgan fingerprint density at radius 1 is 0.650 bits per heavy atom. The second-order valence-corrected chi connectivity index (χ2v) is 8.44. The van der Waals surface area contributed by atoms with Crippen molar-refractivity contribution in [1.29, 1.82) is 0 Å². The molecule has 0 unspecified atom stereocenters. The Balaban J connectivity index is 5.19. The van der Waals surface area contributed by atoms with E-state index in [-0.39, 0.29) is 103 Å². The molecule has 6 amide bonds. The van der Waals surface area contributed by atoms with Crippen molar-refractivity contribution in [2.75, 3.05) is 65.8 Å². The van der Waals surface area contributed by atoms with Gasteiger partial charge in [0.2, 0.25) is 36.4 Å². The maximum atomic E-state index is 12.5. The molecule has 228 valence electrons. The molecule has 8 N–H and O–H groups in total. The van der Waals surface area contributed by atoms with E-state index in [0.29, 0.717) is 12.8 Å². The minimum Gasteiger partial charge on any atom is -0.481 e. The Morgan fingerprint density at radius 3 is 1.50 bits per heavy atom. The number of carboxylic acids is 1. The molecule has 0 aromatic heterocycles. The van der Waals surface area contributed by atoms with Crippen LogP contribution in [0.25, 0.3) is 0 Å². The molecule has 0 aliphatic heterocycles. The summed E-state index contributed by atoms with van der Waals surface area (Å²) in [7, 11) is 0. The molecule has 0 saturated heterocycles. The Labute approximate surface area is 231 Å². The first-order valence-corrected chi connectivity index (χ1v) is 12.6. The van der Waals surface area contributed by atoms with Crippen molar-refractivity contribution in [3.8, 4) is 0 Å². The van der Waals surface area contributed by atoms with Crippen molar-refractivity contribution < 1.29 is 52.9 Å². The number of aliphatic carboxylic acids is 1. The number of nitrogens with two attached hydrogens (primary N) is 1. The van der Waals surface area contributed by atoms with Gasteiger partial charge in [-0.3, -0.25) is 33.6 Å². The molecule has 0 aliphatic rings. The monoisotopic (exact) mass is 576 g/mol. The second-order valence-electron chi connectivity index (χ2n) is 8.44. The summed E-state index contributed by atoms with van der Waals surface area (Å²) in [5.41, 5.74) is 3.78. The molecule has 0 fully saturated rings. The van der Waals surface area contributed by atoms with Crippen molar-refractivity contribution in [3.05, 3.63) is 0 Å². The lowest BCUT2D eigenvalue weighted by molar-refractivity contribution is -0.139. The van der Waals surface area contributed by atoms with Gasteiger partial charge in [0, 0.05) is 51.9 Å². The largest absolute Gasteiger partial charge is 0.481 e. The van der Waals surface area contributed by atoms with E-state index in [9.17, 15) is 33.6 Å². The normalized spacial score (nSPS) is 10.7. The van der Waals surface area contributed by atoms with Gasteiger partial charge >= 0.3 is 5.97 Å². The summed E-state index contributed by atoms with van der Waals surface area (Å²) < 4.78 is 16.8. The summed E-state index contributed by atoms with van der Waals surface area (Å²) in [6, 6.07) is 0. The zero-order valence-corrected chi connectivity index (χ0v) is 22.4. The number of nitrogens with one attached hydrogen (secondary N) is 5. The van der Waals surface area contributed by atoms with Crippen LogP contribution in [0.1, 0.15) is 32.1 Å². The van der Waals surface area contributed by atoms with Crippen molar-refractivity contribution in [3.63, 3.8) is 0 Å². The minimum atomic E-state index is -1.36. The Kier molecular flexibility index (Phi) is 20.9. The lowest BCUT2D eigenvalue weighted by atomic mass is 10.0. The van der Waals surface area contributed by atoms with Crippen molar-refractivity contribution in [2.45, 2.75) is 37.6 Å². The van der Waals surface area contributed by atoms with Crippen LogP contribution in [0.2, 0.25) is 0 Å². The van der Waals surface area contributed by atoms with E-state index in [0.717, 1.165) is 0 Å². The highest BCUT2D eigenvalue weighted by atomic mass is 16.5. The first-order valence-electron chi connectivity index (χ1n) is 12.6. The topological polar surface area (TPSA) is 254 Å². The van der Waals surface area contributed by atoms with E-state index < -0.39 is 29.7 Å². The number of carboxylic acid groups (broad SMARTS) is 1. The van der Waals surface area contributed by atoms with Crippen LogP contribution in [0.4, 0.5) is 0 Å². The van der Waals surface area contributed by atoms with Gasteiger partial charge in [0.25, 0.3) is 0 Å². The number of hydrogen-bond donors (Lipinski definition) is 7. The molecule has 0 radical (unpaired) electrons. The highest BCUT2D eigenvalue weighted by Crippen LogP contribution is 2.11. The number of primary amides is 1. The van der Waals surface area contributed by atoms with Gasteiger partial charge in [0.05, 0.1) is 46.1 Å². The van der Waals surface area contributed by atoms with Gasteiger partial charge in [-0.1, -0.05) is 0 Å². The molecule has 0 saturated carbocycles. The number of rotatable bonds is 27. The number of hydrogen-bond acceptors (Lipinski definition) is 10. The maximum absolute atomic E-state index is 12.5. The van der Waals surface area contributed by atoms with Gasteiger partial charge in [-0.2, -0.15) is 0 Å². The van der Waals surface area contributed by atoms with Gasteiger partial charge in [0.1, 0.15) is 5.54 Å². The van der Waals surface area contributed by atoms with E-state index in [4.69, 9.17) is 25.1 Å². The summed E-state index contributed by atoms with van der Waals surface area (Å²) in [6.45, 7) is 0.134. The third kappa shape index (κ3) is 21.1. The fraction of sp³-hybridized carbons (Fsp3) is 0.696. The molecular weight excluding hydrogens is 536 g/mol. The third-order valence-corrected chi connectivity index (χ3v) is 4.89. The number of amides is 6. The average molecular weight is 577 g/mol. The van der Waals surface area contributed by atoms with Crippen LogP contribution in [0.3, 0.4) is 0 Å². The molecule has 0 aliphatic carbocycles. The van der Waals surface area contributed by atoms with E-state index in [1.807, 2.05) is 0 Å². The first kappa shape index (κ1) is 36.2. The van der Waals surface area contributed by atoms with Gasteiger partial charge < -0.3 is 51.6 Å². The molecule has 0 bridgehead atoms. The summed E-state index contributed by atoms with van der Waals surface area (Å²) >= 11 is 0. The van der Waals surface area contributed by atoms with Crippen LogP contribution in [0.5, 0.6) is 0 Å². The van der Waals surface area contributed by atoms with Crippen LogP contribution < -0.4 is 32.3 Å². The first-order chi connectivity index (χ1) is 19.1. The van der Waals surface area contributed by atoms with Gasteiger partial charge in [-0.25, -0.2) is 0 Å². The van der Waals surface area contributed by atoms with Gasteiger partial charge in [0.15, 0.2) is 0 Å². The molecule has 17 heteroatoms. The summed E-state index contributed by atoms with van der Waals surface area (Å²) in [5.74, 6) is -3.09. The molecule has 0 rings (SSSR count). The standard InChI is InChI=1S/C23H40N6O11/c24-18(32)3-10-38-13-23(29-21(35)1-2-22(36)37,14-39-11-4-19(33)27-8-6-25-16-30)15-40-12-5-20(34)28-9-7-26-17-31/h16-17H,1-15H2,(H2,24,32)(H,25,30)(H,26,31)(H,27,33)(H,28,34)(H,29,35)(H,36,37). The smallest absolute Gasteiger partial charge is 0.303 e. The number of carbonyl (C=O) groups excluding carboxylic acids is 6. The molecular formula is C23H40N6O11. The summed E-state index contributed by atoms with van der Waals surface area (Å²) in [6.07, 6.45) is 0.0832. The number of ether oxygens (including phenoxy) is 3. The van der Waals surface area contributed by atoms with E-state index >= 15 is 0 Å². The molecule has 40 heavy (non-hydrogen) atoms. The maximum Gasteiger partial charge on any atom is 0.303 e. The van der Waals surface area contributed by atoms with Gasteiger partial charge in [-0.15, -0.1) is 0 Å². The summed E-state index contributed by atoms with van der Waals surface area (Å²) in [5, 5.41) is 21.5. The SMILES string of the molecule is NC(=O)CCOCC(COCCC(=O)NCCNC=O)(COCCC(=O)NCCNC=O)NC(=O)CCC(=O)O. The van der Waals surface area contributed by atoms with Crippen molar-refractivity contribution >= 4 is 42.4 Å². The molecule has 17 nitrogen and oxygen atoms in total. The van der Waals surface area contributed by atoms with E-state index in [1.165, 1.54) is 0 Å². The molecule has 0 spiro atoms. The van der Waals surface area contributed by atoms with Crippen LogP contribution in [0.15, 0.2) is 0 Å². The van der Waals surface area contributed by atoms with E-state index in [2.05, 4.69) is 26.6 Å². The third-order valence-electron chi connectivity index (χ3n) is 4.89. The molecule has 0 aromatic carbocycles. The zero-order chi connectivity index (χ0) is 30.1. The fourth-order valence-corrected chi connectivity index (χ4v) is 2.96. The predicted molar refractivity (Wildman–Crippen MR) is 137 cm³/mol. The predicted octanol–water partition coefficient (Wildman–Crippen LogP) is -3.86. The fourth-order valence-electron chi connectivity index (χ4n) is 2.96. The molecule has 0 atom stereocenters. The van der Waals surface area contributed by atoms with Crippen LogP contribution >= 0.6 is 0 Å². The van der Waals surface area contributed by atoms with E-state index in [1.54, 1.807) is 0 Å². The van der Waals surface area contributed by atoms with Crippen LogP contribution in [0, 0.1) is 0 Å². The van der Waals surface area contributed by atoms with Crippen molar-refractivity contribution in [1.82, 2.24) is 26.6 Å². The Bertz CT molecular complexity index is 776. The van der Waals surface area contributed by atoms with Crippen LogP contribution in [-0.4, -0.2) is 119 Å². The Hall–Kier alpha value is -3.83. The average Bonchev–Trinajstić information content (AvgIpc) is 2.91. The minimum absolute atomic E-state index is 0.0351. The highest BCUT2D eigenvalue weighted by Gasteiger charge is 2.34. The second kappa shape index (κ2) is 23.1. The highest BCUT2D eigenvalue weighted by molar-refractivity contribution is 5.81.